The summed E-state index contributed by atoms with van der Waals surface area (Å²) in [6, 6.07) is 8.58. The van der Waals surface area contributed by atoms with Crippen LogP contribution in [0.3, 0.4) is 0 Å². The van der Waals surface area contributed by atoms with Crippen LogP contribution in [0.5, 0.6) is 0 Å². The van der Waals surface area contributed by atoms with Crippen LogP contribution in [0.1, 0.15) is 6.42 Å². The predicted molar refractivity (Wildman–Crippen MR) is 71.7 cm³/mol. The lowest BCUT2D eigenvalue weighted by Gasteiger charge is -2.18. The van der Waals surface area contributed by atoms with Gasteiger partial charge in [0.25, 0.3) is 6.47 Å². The SMILES string of the molecule is CN(CCCOC=O)c1ccc2ccsc2c1. The van der Waals surface area contributed by atoms with Crippen molar-refractivity contribution in [3.05, 3.63) is 29.6 Å². The Balaban J connectivity index is 1.97. The molecule has 2 rings (SSSR count). The number of nitrogens with zero attached hydrogens (tertiary/aromatic N) is 1. The monoisotopic (exact) mass is 249 g/mol. The second-order valence-electron chi connectivity index (χ2n) is 3.88. The van der Waals surface area contributed by atoms with Crippen LogP contribution in [0.4, 0.5) is 5.69 Å². The minimum atomic E-state index is 0.481. The Labute approximate surface area is 105 Å². The van der Waals surface area contributed by atoms with E-state index in [1.165, 1.54) is 15.8 Å². The van der Waals surface area contributed by atoms with Crippen molar-refractivity contribution in [2.75, 3.05) is 25.1 Å². The molecule has 0 aliphatic heterocycles. The summed E-state index contributed by atoms with van der Waals surface area (Å²) in [6.45, 7) is 1.86. The van der Waals surface area contributed by atoms with Crippen LogP contribution in [-0.4, -0.2) is 26.7 Å². The molecule has 1 heterocycles. The molecule has 0 N–H and O–H groups in total. The Morgan fingerprint density at radius 2 is 2.29 bits per heavy atom. The Hall–Kier alpha value is -1.55. The Kier molecular flexibility index (Phi) is 3.98. The summed E-state index contributed by atoms with van der Waals surface area (Å²) in [4.78, 5) is 12.2. The molecule has 0 spiro atoms. The maximum Gasteiger partial charge on any atom is 0.293 e. The van der Waals surface area contributed by atoms with Crippen molar-refractivity contribution in [3.8, 4) is 0 Å². The number of carbonyl (C=O) groups is 1. The highest BCUT2D eigenvalue weighted by atomic mass is 32.1. The van der Waals surface area contributed by atoms with E-state index in [4.69, 9.17) is 0 Å². The molecule has 17 heavy (non-hydrogen) atoms. The summed E-state index contributed by atoms with van der Waals surface area (Å²) in [5, 5.41) is 3.39. The Morgan fingerprint density at radius 1 is 1.41 bits per heavy atom. The number of hydrogen-bond donors (Lipinski definition) is 0. The van der Waals surface area contributed by atoms with Crippen LogP contribution in [0, 0.1) is 0 Å². The van der Waals surface area contributed by atoms with Crippen molar-refractivity contribution >= 4 is 33.6 Å². The zero-order valence-electron chi connectivity index (χ0n) is 9.76. The largest absolute Gasteiger partial charge is 0.468 e. The third kappa shape index (κ3) is 2.97. The summed E-state index contributed by atoms with van der Waals surface area (Å²) in [5.74, 6) is 0. The highest BCUT2D eigenvalue weighted by Crippen LogP contribution is 2.25. The third-order valence-corrected chi connectivity index (χ3v) is 3.58. The van der Waals surface area contributed by atoms with Gasteiger partial charge in [0.15, 0.2) is 0 Å². The standard InChI is InChI=1S/C13H15NO2S/c1-14(6-2-7-16-10-15)12-4-3-11-5-8-17-13(11)9-12/h3-5,8-10H,2,6-7H2,1H3. The van der Waals surface area contributed by atoms with Crippen molar-refractivity contribution in [2.24, 2.45) is 0 Å². The molecule has 4 heteroatoms. The average Bonchev–Trinajstić information content (AvgIpc) is 2.81. The topological polar surface area (TPSA) is 29.5 Å². The summed E-state index contributed by atoms with van der Waals surface area (Å²) in [6.07, 6.45) is 0.845. The van der Waals surface area contributed by atoms with Gasteiger partial charge in [-0.15, -0.1) is 11.3 Å². The van der Waals surface area contributed by atoms with Gasteiger partial charge in [-0.2, -0.15) is 0 Å². The van der Waals surface area contributed by atoms with Crippen LogP contribution in [-0.2, 0) is 9.53 Å². The van der Waals surface area contributed by atoms with Crippen LogP contribution >= 0.6 is 11.3 Å². The molecule has 0 unspecified atom stereocenters. The molecule has 0 atom stereocenters. The number of ether oxygens (including phenoxy) is 1. The van der Waals surface area contributed by atoms with Gasteiger partial charge < -0.3 is 9.64 Å². The minimum absolute atomic E-state index is 0.481. The van der Waals surface area contributed by atoms with E-state index in [1.54, 1.807) is 11.3 Å². The maximum absolute atomic E-state index is 10.0. The zero-order valence-corrected chi connectivity index (χ0v) is 10.6. The molecule has 1 aromatic heterocycles. The molecule has 0 aliphatic carbocycles. The molecule has 1 aromatic carbocycles. The molecule has 3 nitrogen and oxygen atoms in total. The Morgan fingerprint density at radius 3 is 3.12 bits per heavy atom. The predicted octanol–water partition coefficient (Wildman–Crippen LogP) is 2.90. The van der Waals surface area contributed by atoms with Crippen LogP contribution < -0.4 is 4.90 Å². The zero-order chi connectivity index (χ0) is 12.1. The van der Waals surface area contributed by atoms with E-state index in [-0.39, 0.29) is 0 Å². The highest BCUT2D eigenvalue weighted by molar-refractivity contribution is 7.17. The summed E-state index contributed by atoms with van der Waals surface area (Å²) >= 11 is 1.75. The molecule has 0 saturated carbocycles. The molecule has 0 amide bonds. The third-order valence-electron chi connectivity index (χ3n) is 2.70. The van der Waals surface area contributed by atoms with Crippen molar-refractivity contribution in [3.63, 3.8) is 0 Å². The van der Waals surface area contributed by atoms with E-state index in [0.717, 1.165) is 13.0 Å². The molecule has 90 valence electrons. The molecule has 0 bridgehead atoms. The molecule has 2 aromatic rings. The summed E-state index contributed by atoms with van der Waals surface area (Å²) < 4.78 is 5.98. The first-order valence-electron chi connectivity index (χ1n) is 5.55. The first kappa shape index (κ1) is 11.9. The number of fused-ring (bicyclic) bond motifs is 1. The molecule has 0 aliphatic rings. The minimum Gasteiger partial charge on any atom is -0.468 e. The van der Waals surface area contributed by atoms with Gasteiger partial charge in [0.1, 0.15) is 0 Å². The fraction of sp³-hybridized carbons (Fsp3) is 0.308. The quantitative estimate of drug-likeness (QED) is 0.582. The van der Waals surface area contributed by atoms with E-state index in [0.29, 0.717) is 13.1 Å². The number of carbonyl (C=O) groups excluding carboxylic acids is 1. The van der Waals surface area contributed by atoms with Crippen molar-refractivity contribution < 1.29 is 9.53 Å². The molecular weight excluding hydrogens is 234 g/mol. The first-order chi connectivity index (χ1) is 8.31. The number of hydrogen-bond acceptors (Lipinski definition) is 4. The summed E-state index contributed by atoms with van der Waals surface area (Å²) in [5.41, 5.74) is 1.20. The molecule has 0 saturated heterocycles. The van der Waals surface area contributed by atoms with Crippen LogP contribution in [0.2, 0.25) is 0 Å². The van der Waals surface area contributed by atoms with Gasteiger partial charge in [0, 0.05) is 24.0 Å². The fourth-order valence-electron chi connectivity index (χ4n) is 1.74. The van der Waals surface area contributed by atoms with E-state index in [9.17, 15) is 4.79 Å². The van der Waals surface area contributed by atoms with Crippen LogP contribution in [0.25, 0.3) is 10.1 Å². The second-order valence-corrected chi connectivity index (χ2v) is 4.83. The number of anilines is 1. The molecule has 0 radical (unpaired) electrons. The first-order valence-corrected chi connectivity index (χ1v) is 6.43. The van der Waals surface area contributed by atoms with Gasteiger partial charge in [-0.05, 0) is 35.4 Å². The average molecular weight is 249 g/mol. The number of benzene rings is 1. The normalized spacial score (nSPS) is 10.4. The number of rotatable bonds is 6. The van der Waals surface area contributed by atoms with Gasteiger partial charge in [0.05, 0.1) is 6.61 Å². The van der Waals surface area contributed by atoms with E-state index < -0.39 is 0 Å². The van der Waals surface area contributed by atoms with Crippen molar-refractivity contribution in [2.45, 2.75) is 6.42 Å². The Bertz CT molecular complexity index is 495. The van der Waals surface area contributed by atoms with Crippen molar-refractivity contribution in [1.29, 1.82) is 0 Å². The van der Waals surface area contributed by atoms with E-state index in [2.05, 4.69) is 46.3 Å². The molecule has 0 fully saturated rings. The van der Waals surface area contributed by atoms with E-state index in [1.807, 2.05) is 0 Å². The molecular formula is C13H15NO2S. The smallest absolute Gasteiger partial charge is 0.293 e. The van der Waals surface area contributed by atoms with Gasteiger partial charge in [-0.1, -0.05) is 6.07 Å². The van der Waals surface area contributed by atoms with Gasteiger partial charge >= 0.3 is 0 Å². The van der Waals surface area contributed by atoms with Gasteiger partial charge in [0.2, 0.25) is 0 Å². The maximum atomic E-state index is 10.0. The lowest BCUT2D eigenvalue weighted by Crippen LogP contribution is -2.19. The lowest BCUT2D eigenvalue weighted by atomic mass is 10.2. The lowest BCUT2D eigenvalue weighted by molar-refractivity contribution is -0.128. The van der Waals surface area contributed by atoms with Crippen LogP contribution in [0.15, 0.2) is 29.6 Å². The highest BCUT2D eigenvalue weighted by Gasteiger charge is 2.02. The van der Waals surface area contributed by atoms with Gasteiger partial charge in [-0.25, -0.2) is 0 Å². The summed E-state index contributed by atoms with van der Waals surface area (Å²) in [7, 11) is 2.05. The fourth-order valence-corrected chi connectivity index (χ4v) is 2.57. The van der Waals surface area contributed by atoms with Gasteiger partial charge in [-0.3, -0.25) is 4.79 Å². The van der Waals surface area contributed by atoms with E-state index >= 15 is 0 Å². The second kappa shape index (κ2) is 5.68. The van der Waals surface area contributed by atoms with Crippen molar-refractivity contribution in [1.82, 2.24) is 0 Å². The number of thiophene rings is 1.